The van der Waals surface area contributed by atoms with Gasteiger partial charge in [0.2, 0.25) is 27.7 Å². The Hall–Kier alpha value is -4.54. The van der Waals surface area contributed by atoms with Crippen molar-refractivity contribution in [3.63, 3.8) is 0 Å². The van der Waals surface area contributed by atoms with Gasteiger partial charge in [0.1, 0.15) is 11.6 Å². The van der Waals surface area contributed by atoms with Crippen molar-refractivity contribution in [2.24, 2.45) is 17.8 Å². The zero-order valence-electron chi connectivity index (χ0n) is 37.9. The number of amides is 4. The summed E-state index contributed by atoms with van der Waals surface area (Å²) in [6.07, 6.45) is 9.54. The lowest BCUT2D eigenvalue weighted by Crippen LogP contribution is -2.55. The number of imidazole rings is 1. The second-order valence-electron chi connectivity index (χ2n) is 18.8. The minimum Gasteiger partial charge on any atom is -0.444 e. The van der Waals surface area contributed by atoms with Crippen molar-refractivity contribution in [1.29, 1.82) is 0 Å². The number of aromatic amines is 1. The van der Waals surface area contributed by atoms with Gasteiger partial charge in [0.05, 0.1) is 30.1 Å². The SMILES string of the molecule is CCCS(=O)(=O)NC[C@@H](C)C[C@H](O)[C@H](CC1CCCCC1)NC(=O)[C@H](Cc1cnc[nH]1)NC(=O)C(CC(=O)N1CCC(NC(=O)OC(C)(C)C)CC1)Cc1cccc2ccccc12. The molecule has 2 aliphatic rings. The summed E-state index contributed by atoms with van der Waals surface area (Å²) in [6.45, 7) is 10.1. The molecule has 15 nitrogen and oxygen atoms in total. The van der Waals surface area contributed by atoms with Crippen LogP contribution in [-0.4, -0.2) is 107 Å². The number of nitrogens with one attached hydrogen (secondary N) is 5. The number of sulfonamides is 1. The van der Waals surface area contributed by atoms with Crippen LogP contribution in [-0.2, 0) is 42.0 Å². The highest BCUT2D eigenvalue weighted by atomic mass is 32.2. The number of hydrogen-bond acceptors (Lipinski definition) is 9. The van der Waals surface area contributed by atoms with E-state index in [9.17, 15) is 32.7 Å². The van der Waals surface area contributed by atoms with Gasteiger partial charge in [-0.25, -0.2) is 22.9 Å². The number of likely N-dealkylation sites (tertiary alicyclic amines) is 1. The minimum atomic E-state index is -3.43. The van der Waals surface area contributed by atoms with E-state index in [0.29, 0.717) is 50.4 Å². The van der Waals surface area contributed by atoms with Crippen LogP contribution in [0.15, 0.2) is 55.0 Å². The normalized spacial score (nSPS) is 17.9. The van der Waals surface area contributed by atoms with E-state index in [4.69, 9.17) is 4.74 Å². The molecule has 16 heteroatoms. The highest BCUT2D eigenvalue weighted by molar-refractivity contribution is 7.89. The molecule has 1 aliphatic carbocycles. The van der Waals surface area contributed by atoms with E-state index >= 15 is 0 Å². The number of hydrogen-bond donors (Lipinski definition) is 6. The van der Waals surface area contributed by atoms with E-state index in [0.717, 1.165) is 48.4 Å². The average molecular weight is 894 g/mol. The summed E-state index contributed by atoms with van der Waals surface area (Å²) >= 11 is 0. The van der Waals surface area contributed by atoms with E-state index in [-0.39, 0.29) is 55.8 Å². The highest BCUT2D eigenvalue weighted by Gasteiger charge is 2.34. The van der Waals surface area contributed by atoms with Crippen LogP contribution in [0.25, 0.3) is 10.8 Å². The molecule has 2 aromatic carbocycles. The number of aliphatic hydroxyl groups is 1. The van der Waals surface area contributed by atoms with Crippen LogP contribution in [0.3, 0.4) is 0 Å². The molecule has 1 saturated heterocycles. The van der Waals surface area contributed by atoms with Crippen molar-refractivity contribution in [2.75, 3.05) is 25.4 Å². The smallest absolute Gasteiger partial charge is 0.407 e. The number of nitrogens with zero attached hydrogens (tertiary/aromatic N) is 2. The maximum Gasteiger partial charge on any atom is 0.407 e. The molecule has 2 fully saturated rings. The van der Waals surface area contributed by atoms with Crippen LogP contribution >= 0.6 is 0 Å². The summed E-state index contributed by atoms with van der Waals surface area (Å²) in [6, 6.07) is 11.9. The Labute approximate surface area is 373 Å². The van der Waals surface area contributed by atoms with Gasteiger partial charge in [0.25, 0.3) is 0 Å². The van der Waals surface area contributed by atoms with E-state index in [1.807, 2.05) is 49.4 Å². The number of H-pyrrole nitrogens is 1. The van der Waals surface area contributed by atoms with Crippen LogP contribution in [0.5, 0.6) is 0 Å². The molecule has 1 aliphatic heterocycles. The summed E-state index contributed by atoms with van der Waals surface area (Å²) < 4.78 is 32.8. The fraction of sp³-hybridized carbons (Fsp3) is 0.638. The van der Waals surface area contributed by atoms with E-state index in [1.165, 1.54) is 6.33 Å². The molecule has 0 bridgehead atoms. The summed E-state index contributed by atoms with van der Waals surface area (Å²) in [5.74, 6) is -1.83. The second-order valence-corrected chi connectivity index (χ2v) is 20.7. The number of aromatic nitrogens is 2. The number of ether oxygens (including phenoxy) is 1. The van der Waals surface area contributed by atoms with Crippen LogP contribution in [0.4, 0.5) is 4.79 Å². The summed E-state index contributed by atoms with van der Waals surface area (Å²) in [7, 11) is -3.43. The molecule has 63 heavy (non-hydrogen) atoms. The number of aliphatic hydroxyl groups excluding tert-OH is 1. The molecular formula is C47H71N7O8S. The third kappa shape index (κ3) is 16.2. The molecule has 5 atom stereocenters. The standard InChI is InChI=1S/C47H71N7O8S/c1-6-23-63(60,61)50-29-32(2)24-42(55)40(25-33-13-8-7-9-14-33)52-45(58)41(28-38-30-48-31-49-38)53-44(57)36(26-35-17-12-16-34-15-10-11-18-39(34)35)27-43(56)54-21-19-37(20-22-54)51-46(59)62-47(3,4)5/h10-12,15-18,30-33,36-37,40-42,50,55H,6-9,13-14,19-29H2,1-5H3,(H,48,49)(H,51,59)(H,52,58)(H,53,57)/t32-,36?,40-,41-,42-/m0/s1. The molecule has 0 radical (unpaired) electrons. The number of benzene rings is 2. The van der Waals surface area contributed by atoms with Crippen molar-refractivity contribution in [2.45, 2.75) is 148 Å². The van der Waals surface area contributed by atoms with Crippen LogP contribution in [0.2, 0.25) is 0 Å². The van der Waals surface area contributed by atoms with Crippen LogP contribution < -0.4 is 20.7 Å². The Kier molecular flexibility index (Phi) is 18.4. The molecule has 3 aromatic rings. The van der Waals surface area contributed by atoms with Gasteiger partial charge in [-0.3, -0.25) is 14.4 Å². The van der Waals surface area contributed by atoms with Crippen molar-refractivity contribution in [1.82, 2.24) is 35.5 Å². The molecule has 0 spiro atoms. The van der Waals surface area contributed by atoms with Crippen LogP contribution in [0, 0.1) is 17.8 Å². The first-order valence-corrected chi connectivity index (χ1v) is 24.6. The fourth-order valence-corrected chi connectivity index (χ4v) is 10.1. The molecule has 1 unspecified atom stereocenters. The molecule has 348 valence electrons. The number of piperidine rings is 1. The summed E-state index contributed by atoms with van der Waals surface area (Å²) in [5.41, 5.74) is 0.893. The predicted molar refractivity (Wildman–Crippen MR) is 244 cm³/mol. The zero-order chi connectivity index (χ0) is 45.6. The van der Waals surface area contributed by atoms with Gasteiger partial charge in [-0.05, 0) is 87.5 Å². The number of alkyl carbamates (subject to hydrolysis) is 1. The predicted octanol–water partition coefficient (Wildman–Crippen LogP) is 5.53. The molecular weight excluding hydrogens is 823 g/mol. The monoisotopic (exact) mass is 894 g/mol. The number of carbonyl (C=O) groups is 4. The van der Waals surface area contributed by atoms with E-state index < -0.39 is 57.6 Å². The third-order valence-electron chi connectivity index (χ3n) is 12.2. The van der Waals surface area contributed by atoms with Gasteiger partial charge in [-0.15, -0.1) is 0 Å². The number of rotatable bonds is 21. The zero-order valence-corrected chi connectivity index (χ0v) is 38.7. The molecule has 6 N–H and O–H groups in total. The Balaban J connectivity index is 1.34. The van der Waals surface area contributed by atoms with Crippen molar-refractivity contribution in [3.05, 3.63) is 66.2 Å². The van der Waals surface area contributed by atoms with Gasteiger partial charge in [-0.1, -0.05) is 88.4 Å². The van der Waals surface area contributed by atoms with Gasteiger partial charge >= 0.3 is 6.09 Å². The first kappa shape index (κ1) is 49.5. The molecule has 1 saturated carbocycles. The van der Waals surface area contributed by atoms with Crippen molar-refractivity contribution in [3.8, 4) is 0 Å². The van der Waals surface area contributed by atoms with Crippen LogP contribution in [0.1, 0.15) is 117 Å². The Morgan fingerprint density at radius 1 is 0.952 bits per heavy atom. The van der Waals surface area contributed by atoms with Gasteiger partial charge in [0.15, 0.2) is 0 Å². The maximum atomic E-state index is 14.7. The lowest BCUT2D eigenvalue weighted by Gasteiger charge is -2.34. The van der Waals surface area contributed by atoms with Gasteiger partial charge < -0.3 is 35.7 Å². The topological polar surface area (TPSA) is 212 Å². The van der Waals surface area contributed by atoms with Crippen molar-refractivity contribution < 1.29 is 37.4 Å². The lowest BCUT2D eigenvalue weighted by molar-refractivity contribution is -0.138. The quantitative estimate of drug-likeness (QED) is 0.0793. The van der Waals surface area contributed by atoms with Crippen molar-refractivity contribution >= 4 is 44.6 Å². The average Bonchev–Trinajstić information content (AvgIpc) is 3.75. The van der Waals surface area contributed by atoms with E-state index in [2.05, 4.69) is 30.6 Å². The minimum absolute atomic E-state index is 0.0246. The van der Waals surface area contributed by atoms with E-state index in [1.54, 1.807) is 38.8 Å². The first-order chi connectivity index (χ1) is 30.0. The summed E-state index contributed by atoms with van der Waals surface area (Å²) in [5, 5.41) is 22.8. The molecule has 1 aromatic heterocycles. The fourth-order valence-electron chi connectivity index (χ4n) is 8.84. The largest absolute Gasteiger partial charge is 0.444 e. The summed E-state index contributed by atoms with van der Waals surface area (Å²) in [4.78, 5) is 64.6. The number of carbonyl (C=O) groups excluding carboxylic acids is 4. The third-order valence-corrected chi connectivity index (χ3v) is 13.7. The number of fused-ring (bicyclic) bond motifs is 1. The van der Waals surface area contributed by atoms with Gasteiger partial charge in [0, 0.05) is 50.4 Å². The Bertz CT molecular complexity index is 2040. The molecule has 5 rings (SSSR count). The highest BCUT2D eigenvalue weighted by Crippen LogP contribution is 2.29. The van der Waals surface area contributed by atoms with Gasteiger partial charge in [-0.2, -0.15) is 0 Å². The second kappa shape index (κ2) is 23.4. The Morgan fingerprint density at radius 2 is 1.67 bits per heavy atom. The molecule has 4 amide bonds. The Morgan fingerprint density at radius 3 is 2.35 bits per heavy atom. The maximum absolute atomic E-state index is 14.7. The first-order valence-electron chi connectivity index (χ1n) is 23.0. The molecule has 2 heterocycles. The lowest BCUT2D eigenvalue weighted by atomic mass is 9.82.